The van der Waals surface area contributed by atoms with Crippen LogP contribution >= 0.6 is 0 Å². The second-order valence-corrected chi connectivity index (χ2v) is 4.53. The van der Waals surface area contributed by atoms with Crippen molar-refractivity contribution in [1.29, 1.82) is 0 Å². The maximum atomic E-state index is 11.0. The Balaban J connectivity index is 3.64. The first-order chi connectivity index (χ1) is 6.95. The predicted octanol–water partition coefficient (Wildman–Crippen LogP) is 2.88. The van der Waals surface area contributed by atoms with Crippen LogP contribution in [0.3, 0.4) is 0 Å². The van der Waals surface area contributed by atoms with Crippen LogP contribution in [0.2, 0.25) is 0 Å². The van der Waals surface area contributed by atoms with Crippen LogP contribution in [0.4, 0.5) is 0 Å². The first-order valence-corrected chi connectivity index (χ1v) is 5.68. The van der Waals surface area contributed by atoms with Crippen molar-refractivity contribution in [1.82, 2.24) is 0 Å². The normalized spacial score (nSPS) is 12.8. The minimum Gasteiger partial charge on any atom is -0.481 e. The Morgan fingerprint density at radius 1 is 1.07 bits per heavy atom. The van der Waals surface area contributed by atoms with Crippen LogP contribution in [0.25, 0.3) is 0 Å². The zero-order valence-corrected chi connectivity index (χ0v) is 9.95. The van der Waals surface area contributed by atoms with E-state index in [1.54, 1.807) is 0 Å². The molecule has 88 valence electrons. The van der Waals surface area contributed by atoms with Crippen molar-refractivity contribution < 1.29 is 14.7 Å². The Labute approximate surface area is 91.9 Å². The van der Waals surface area contributed by atoms with E-state index in [-0.39, 0.29) is 5.78 Å². The van der Waals surface area contributed by atoms with Gasteiger partial charge >= 0.3 is 5.97 Å². The van der Waals surface area contributed by atoms with E-state index in [0.29, 0.717) is 12.3 Å². The first-order valence-electron chi connectivity index (χ1n) is 5.68. The Morgan fingerprint density at radius 3 is 2.00 bits per heavy atom. The highest BCUT2D eigenvalue weighted by Gasteiger charge is 2.21. The van der Waals surface area contributed by atoms with Gasteiger partial charge in [-0.2, -0.15) is 0 Å². The standard InChI is InChI=1S/C12H22O3/c1-9(2)7-5-4-6-8-11(10(3)13)12(14)15/h9,11H,4-8H2,1-3H3,(H,14,15). The highest BCUT2D eigenvalue weighted by molar-refractivity contribution is 5.96. The second-order valence-electron chi connectivity index (χ2n) is 4.53. The molecule has 3 heteroatoms. The molecular weight excluding hydrogens is 192 g/mol. The predicted molar refractivity (Wildman–Crippen MR) is 59.7 cm³/mol. The monoisotopic (exact) mass is 214 g/mol. The molecule has 0 saturated carbocycles. The van der Waals surface area contributed by atoms with Crippen molar-refractivity contribution in [2.45, 2.75) is 52.9 Å². The molecule has 0 aliphatic heterocycles. The molecule has 0 rings (SSSR count). The third kappa shape index (κ3) is 7.11. The number of Topliss-reactive ketones (excluding diaryl/α,β-unsaturated/α-hetero) is 1. The summed E-state index contributed by atoms with van der Waals surface area (Å²) in [6.07, 6.45) is 4.65. The topological polar surface area (TPSA) is 54.4 Å². The van der Waals surface area contributed by atoms with Gasteiger partial charge in [-0.25, -0.2) is 0 Å². The molecule has 0 saturated heterocycles. The summed E-state index contributed by atoms with van der Waals surface area (Å²) in [6.45, 7) is 5.71. The Kier molecular flexibility index (Phi) is 7.01. The average molecular weight is 214 g/mol. The molecule has 0 radical (unpaired) electrons. The summed E-state index contributed by atoms with van der Waals surface area (Å²) >= 11 is 0. The number of aliphatic carboxylic acids is 1. The minimum atomic E-state index is -0.980. The highest BCUT2D eigenvalue weighted by Crippen LogP contribution is 2.14. The fourth-order valence-electron chi connectivity index (χ4n) is 1.58. The Hall–Kier alpha value is -0.860. The molecule has 3 nitrogen and oxygen atoms in total. The van der Waals surface area contributed by atoms with Crippen LogP contribution in [-0.4, -0.2) is 16.9 Å². The molecule has 0 spiro atoms. The van der Waals surface area contributed by atoms with Gasteiger partial charge in [0.1, 0.15) is 11.7 Å². The van der Waals surface area contributed by atoms with E-state index in [1.807, 2.05) is 0 Å². The summed E-state index contributed by atoms with van der Waals surface area (Å²) in [5.41, 5.74) is 0. The molecule has 1 N–H and O–H groups in total. The van der Waals surface area contributed by atoms with Gasteiger partial charge in [0.15, 0.2) is 0 Å². The summed E-state index contributed by atoms with van der Waals surface area (Å²) < 4.78 is 0. The summed E-state index contributed by atoms with van der Waals surface area (Å²) in [5, 5.41) is 8.77. The fourth-order valence-corrected chi connectivity index (χ4v) is 1.58. The number of hydrogen-bond acceptors (Lipinski definition) is 2. The lowest BCUT2D eigenvalue weighted by Crippen LogP contribution is -2.21. The van der Waals surface area contributed by atoms with E-state index >= 15 is 0 Å². The summed E-state index contributed by atoms with van der Waals surface area (Å²) in [6, 6.07) is 0. The molecule has 0 aliphatic carbocycles. The molecule has 0 bridgehead atoms. The van der Waals surface area contributed by atoms with E-state index in [9.17, 15) is 9.59 Å². The number of carbonyl (C=O) groups excluding carboxylic acids is 1. The van der Waals surface area contributed by atoms with Crippen molar-refractivity contribution in [3.63, 3.8) is 0 Å². The van der Waals surface area contributed by atoms with Gasteiger partial charge in [-0.3, -0.25) is 9.59 Å². The van der Waals surface area contributed by atoms with Crippen molar-refractivity contribution in [3.8, 4) is 0 Å². The van der Waals surface area contributed by atoms with Gasteiger partial charge in [0.2, 0.25) is 0 Å². The van der Waals surface area contributed by atoms with Crippen molar-refractivity contribution in [2.24, 2.45) is 11.8 Å². The van der Waals surface area contributed by atoms with E-state index in [4.69, 9.17) is 5.11 Å². The zero-order valence-electron chi connectivity index (χ0n) is 9.95. The van der Waals surface area contributed by atoms with Gasteiger partial charge < -0.3 is 5.11 Å². The van der Waals surface area contributed by atoms with Crippen LogP contribution in [-0.2, 0) is 9.59 Å². The number of carbonyl (C=O) groups is 2. The third-order valence-corrected chi connectivity index (χ3v) is 2.56. The summed E-state index contributed by atoms with van der Waals surface area (Å²) in [4.78, 5) is 21.7. The van der Waals surface area contributed by atoms with Gasteiger partial charge in [0, 0.05) is 0 Å². The number of hydrogen-bond donors (Lipinski definition) is 1. The molecule has 0 aromatic carbocycles. The first kappa shape index (κ1) is 14.1. The number of carboxylic acid groups (broad SMARTS) is 1. The second kappa shape index (κ2) is 7.43. The van der Waals surface area contributed by atoms with Crippen LogP contribution in [0.5, 0.6) is 0 Å². The van der Waals surface area contributed by atoms with E-state index < -0.39 is 11.9 Å². The molecule has 1 atom stereocenters. The van der Waals surface area contributed by atoms with Crippen LogP contribution in [0.1, 0.15) is 52.9 Å². The van der Waals surface area contributed by atoms with Crippen molar-refractivity contribution in [2.75, 3.05) is 0 Å². The molecule has 0 amide bonds. The molecule has 0 aromatic heterocycles. The van der Waals surface area contributed by atoms with E-state index in [1.165, 1.54) is 13.3 Å². The fraction of sp³-hybridized carbons (Fsp3) is 0.833. The Bertz CT molecular complexity index is 195. The van der Waals surface area contributed by atoms with E-state index in [2.05, 4.69) is 13.8 Å². The lowest BCUT2D eigenvalue weighted by atomic mass is 9.96. The lowest BCUT2D eigenvalue weighted by Gasteiger charge is -2.08. The van der Waals surface area contributed by atoms with Crippen molar-refractivity contribution >= 4 is 11.8 Å². The lowest BCUT2D eigenvalue weighted by molar-refractivity contribution is -0.146. The van der Waals surface area contributed by atoms with Crippen LogP contribution in [0.15, 0.2) is 0 Å². The smallest absolute Gasteiger partial charge is 0.314 e. The molecule has 0 fully saturated rings. The zero-order chi connectivity index (χ0) is 11.8. The van der Waals surface area contributed by atoms with Gasteiger partial charge in [-0.05, 0) is 19.3 Å². The third-order valence-electron chi connectivity index (χ3n) is 2.56. The molecule has 0 aliphatic rings. The van der Waals surface area contributed by atoms with Gasteiger partial charge in [0.05, 0.1) is 0 Å². The average Bonchev–Trinajstić information content (AvgIpc) is 2.08. The number of unbranched alkanes of at least 4 members (excludes halogenated alkanes) is 2. The SMILES string of the molecule is CC(=O)C(CCCCCC(C)C)C(=O)O. The molecular formula is C12H22O3. The van der Waals surface area contributed by atoms with Gasteiger partial charge in [0.25, 0.3) is 0 Å². The largest absolute Gasteiger partial charge is 0.481 e. The molecule has 0 heterocycles. The Morgan fingerprint density at radius 2 is 1.60 bits per heavy atom. The van der Waals surface area contributed by atoms with Gasteiger partial charge in [-0.15, -0.1) is 0 Å². The maximum absolute atomic E-state index is 11.0. The summed E-state index contributed by atoms with van der Waals surface area (Å²) in [5.74, 6) is -1.30. The molecule has 0 aromatic rings. The minimum absolute atomic E-state index is 0.230. The van der Waals surface area contributed by atoms with E-state index in [0.717, 1.165) is 19.3 Å². The quantitative estimate of drug-likeness (QED) is 0.499. The number of rotatable bonds is 8. The maximum Gasteiger partial charge on any atom is 0.314 e. The highest BCUT2D eigenvalue weighted by atomic mass is 16.4. The summed E-state index contributed by atoms with van der Waals surface area (Å²) in [7, 11) is 0. The van der Waals surface area contributed by atoms with Crippen LogP contribution < -0.4 is 0 Å². The van der Waals surface area contributed by atoms with Gasteiger partial charge in [-0.1, -0.05) is 39.5 Å². The van der Waals surface area contributed by atoms with Crippen molar-refractivity contribution in [3.05, 3.63) is 0 Å². The molecule has 1 unspecified atom stereocenters. The number of carboxylic acids is 1. The van der Waals surface area contributed by atoms with Crippen LogP contribution in [0, 0.1) is 11.8 Å². The number of ketones is 1. The molecule has 15 heavy (non-hydrogen) atoms.